The van der Waals surface area contributed by atoms with Crippen LogP contribution in [0.4, 0.5) is 0 Å². The Morgan fingerprint density at radius 1 is 1.20 bits per heavy atom. The Hall–Kier alpha value is -1.33. The fourth-order valence-corrected chi connectivity index (χ4v) is 3.37. The van der Waals surface area contributed by atoms with E-state index in [1.165, 1.54) is 32.1 Å². The zero-order valence-corrected chi connectivity index (χ0v) is 12.5. The molecule has 2 heteroatoms. The van der Waals surface area contributed by atoms with Gasteiger partial charge in [0.05, 0.1) is 12.0 Å². The third-order valence-corrected chi connectivity index (χ3v) is 4.60. The summed E-state index contributed by atoms with van der Waals surface area (Å²) in [6.07, 6.45) is 8.03. The first-order chi connectivity index (χ1) is 9.85. The predicted octanol–water partition coefficient (Wildman–Crippen LogP) is 4.24. The molecule has 1 saturated carbocycles. The minimum Gasteiger partial charge on any atom is -0.312 e. The van der Waals surface area contributed by atoms with Crippen LogP contribution in [0.3, 0.4) is 0 Å². The standard InChI is InChI=1S/C18H26N2/c1-2-18(16-11-7-4-8-12-16)20-14-17(13-19)15-9-5-3-6-10-15/h3,5-6,9-10,16-18,20H,2,4,7-8,11-12,14H2,1H3. The molecule has 1 fully saturated rings. The lowest BCUT2D eigenvalue weighted by Gasteiger charge is -2.31. The summed E-state index contributed by atoms with van der Waals surface area (Å²) in [4.78, 5) is 0. The van der Waals surface area contributed by atoms with E-state index < -0.39 is 0 Å². The molecule has 0 aromatic heterocycles. The molecule has 0 heterocycles. The minimum atomic E-state index is -0.0335. The van der Waals surface area contributed by atoms with Crippen molar-refractivity contribution >= 4 is 0 Å². The van der Waals surface area contributed by atoms with Gasteiger partial charge in [-0.05, 0) is 30.7 Å². The van der Waals surface area contributed by atoms with Crippen LogP contribution in [-0.2, 0) is 0 Å². The molecule has 0 bridgehead atoms. The Kier molecular flexibility index (Phi) is 6.08. The molecule has 0 amide bonds. The number of nitrogens with one attached hydrogen (secondary N) is 1. The molecule has 0 radical (unpaired) electrons. The van der Waals surface area contributed by atoms with Gasteiger partial charge in [-0.15, -0.1) is 0 Å². The molecule has 0 aliphatic heterocycles. The maximum absolute atomic E-state index is 9.39. The van der Waals surface area contributed by atoms with E-state index in [0.29, 0.717) is 6.04 Å². The average Bonchev–Trinajstić information content (AvgIpc) is 2.53. The highest BCUT2D eigenvalue weighted by Gasteiger charge is 2.23. The van der Waals surface area contributed by atoms with Crippen molar-refractivity contribution in [3.63, 3.8) is 0 Å². The van der Waals surface area contributed by atoms with Gasteiger partial charge in [0.25, 0.3) is 0 Å². The molecule has 108 valence electrons. The molecule has 1 aromatic carbocycles. The molecule has 1 aromatic rings. The van der Waals surface area contributed by atoms with Crippen molar-refractivity contribution < 1.29 is 0 Å². The highest BCUT2D eigenvalue weighted by molar-refractivity contribution is 5.25. The van der Waals surface area contributed by atoms with E-state index in [1.54, 1.807) is 0 Å². The van der Waals surface area contributed by atoms with Crippen molar-refractivity contribution in [2.75, 3.05) is 6.54 Å². The van der Waals surface area contributed by atoms with Crippen LogP contribution in [0.1, 0.15) is 56.9 Å². The Balaban J connectivity index is 1.89. The molecule has 1 aliphatic rings. The number of hydrogen-bond acceptors (Lipinski definition) is 2. The summed E-state index contributed by atoms with van der Waals surface area (Å²) < 4.78 is 0. The van der Waals surface area contributed by atoms with E-state index in [9.17, 15) is 5.26 Å². The van der Waals surface area contributed by atoms with Crippen LogP contribution in [0, 0.1) is 17.2 Å². The van der Waals surface area contributed by atoms with Gasteiger partial charge in [-0.1, -0.05) is 56.5 Å². The Bertz CT molecular complexity index is 415. The zero-order chi connectivity index (χ0) is 14.2. The van der Waals surface area contributed by atoms with Crippen molar-refractivity contribution in [1.82, 2.24) is 5.32 Å². The summed E-state index contributed by atoms with van der Waals surface area (Å²) in [5, 5.41) is 13.1. The molecule has 2 rings (SSSR count). The zero-order valence-electron chi connectivity index (χ0n) is 12.5. The van der Waals surface area contributed by atoms with Crippen molar-refractivity contribution in [2.24, 2.45) is 5.92 Å². The molecule has 0 saturated heterocycles. The first-order valence-electron chi connectivity index (χ1n) is 8.03. The lowest BCUT2D eigenvalue weighted by atomic mass is 9.82. The summed E-state index contributed by atoms with van der Waals surface area (Å²) in [6.45, 7) is 3.03. The van der Waals surface area contributed by atoms with Gasteiger partial charge in [0.1, 0.15) is 0 Å². The van der Waals surface area contributed by atoms with Crippen molar-refractivity contribution in [1.29, 1.82) is 5.26 Å². The highest BCUT2D eigenvalue weighted by atomic mass is 14.9. The second-order valence-electron chi connectivity index (χ2n) is 5.91. The SMILES string of the molecule is CCC(NCC(C#N)c1ccccc1)C1CCCCC1. The summed E-state index contributed by atoms with van der Waals surface area (Å²) >= 11 is 0. The molecule has 2 atom stereocenters. The number of nitriles is 1. The van der Waals surface area contributed by atoms with Crippen LogP contribution in [-0.4, -0.2) is 12.6 Å². The van der Waals surface area contributed by atoms with Gasteiger partial charge in [-0.3, -0.25) is 0 Å². The van der Waals surface area contributed by atoms with E-state index in [2.05, 4.69) is 30.4 Å². The van der Waals surface area contributed by atoms with Gasteiger partial charge in [-0.2, -0.15) is 5.26 Å². The lowest BCUT2D eigenvalue weighted by molar-refractivity contribution is 0.262. The fraction of sp³-hybridized carbons (Fsp3) is 0.611. The van der Waals surface area contributed by atoms with Gasteiger partial charge < -0.3 is 5.32 Å². The number of benzene rings is 1. The monoisotopic (exact) mass is 270 g/mol. The number of nitrogens with zero attached hydrogens (tertiary/aromatic N) is 1. The van der Waals surface area contributed by atoms with Crippen LogP contribution < -0.4 is 5.32 Å². The van der Waals surface area contributed by atoms with E-state index in [4.69, 9.17) is 0 Å². The maximum Gasteiger partial charge on any atom is 0.0837 e. The maximum atomic E-state index is 9.39. The summed E-state index contributed by atoms with van der Waals surface area (Å²) in [5.74, 6) is 0.776. The molecule has 1 aliphatic carbocycles. The van der Waals surface area contributed by atoms with Gasteiger partial charge in [0.2, 0.25) is 0 Å². The van der Waals surface area contributed by atoms with Gasteiger partial charge in [0.15, 0.2) is 0 Å². The third-order valence-electron chi connectivity index (χ3n) is 4.60. The molecule has 1 N–H and O–H groups in total. The van der Waals surface area contributed by atoms with Crippen LogP contribution in [0.5, 0.6) is 0 Å². The number of rotatable bonds is 6. The second-order valence-corrected chi connectivity index (χ2v) is 5.91. The molecule has 0 spiro atoms. The molecular weight excluding hydrogens is 244 g/mol. The summed E-state index contributed by atoms with van der Waals surface area (Å²) in [6, 6.07) is 13.1. The lowest BCUT2D eigenvalue weighted by Crippen LogP contribution is -2.38. The van der Waals surface area contributed by atoms with Crippen molar-refractivity contribution in [2.45, 2.75) is 57.4 Å². The normalized spacial score (nSPS) is 19.2. The van der Waals surface area contributed by atoms with Crippen LogP contribution in [0.25, 0.3) is 0 Å². The van der Waals surface area contributed by atoms with Crippen LogP contribution in [0.15, 0.2) is 30.3 Å². The molecule has 2 nitrogen and oxygen atoms in total. The number of hydrogen-bond donors (Lipinski definition) is 1. The van der Waals surface area contributed by atoms with E-state index in [-0.39, 0.29) is 5.92 Å². The fourth-order valence-electron chi connectivity index (χ4n) is 3.37. The molecular formula is C18H26N2. The second kappa shape index (κ2) is 8.07. The first-order valence-corrected chi connectivity index (χ1v) is 8.03. The molecule has 20 heavy (non-hydrogen) atoms. The third kappa shape index (κ3) is 4.08. The van der Waals surface area contributed by atoms with E-state index >= 15 is 0 Å². The van der Waals surface area contributed by atoms with E-state index in [0.717, 1.165) is 24.4 Å². The Labute approximate surface area is 123 Å². The van der Waals surface area contributed by atoms with Crippen LogP contribution >= 0.6 is 0 Å². The molecule has 2 unspecified atom stereocenters. The smallest absolute Gasteiger partial charge is 0.0837 e. The van der Waals surface area contributed by atoms with Gasteiger partial charge in [0, 0.05) is 12.6 Å². The average molecular weight is 270 g/mol. The first kappa shape index (κ1) is 15.1. The van der Waals surface area contributed by atoms with Crippen LogP contribution in [0.2, 0.25) is 0 Å². The van der Waals surface area contributed by atoms with Crippen molar-refractivity contribution in [3.8, 4) is 6.07 Å². The largest absolute Gasteiger partial charge is 0.312 e. The summed E-state index contributed by atoms with van der Waals surface area (Å²) in [7, 11) is 0. The van der Waals surface area contributed by atoms with Gasteiger partial charge in [-0.25, -0.2) is 0 Å². The van der Waals surface area contributed by atoms with E-state index in [1.807, 2.05) is 18.2 Å². The quantitative estimate of drug-likeness (QED) is 0.839. The van der Waals surface area contributed by atoms with Crippen molar-refractivity contribution in [3.05, 3.63) is 35.9 Å². The topological polar surface area (TPSA) is 35.8 Å². The Morgan fingerprint density at radius 2 is 1.90 bits per heavy atom. The highest BCUT2D eigenvalue weighted by Crippen LogP contribution is 2.28. The van der Waals surface area contributed by atoms with Gasteiger partial charge >= 0.3 is 0 Å². The predicted molar refractivity (Wildman–Crippen MR) is 83.5 cm³/mol. The Morgan fingerprint density at radius 3 is 2.50 bits per heavy atom. The minimum absolute atomic E-state index is 0.0335. The summed E-state index contributed by atoms with van der Waals surface area (Å²) in [5.41, 5.74) is 1.13.